The van der Waals surface area contributed by atoms with Gasteiger partial charge in [0.15, 0.2) is 0 Å². The van der Waals surface area contributed by atoms with Crippen LogP contribution in [0.15, 0.2) is 36.4 Å². The topological polar surface area (TPSA) is 76.1 Å². The van der Waals surface area contributed by atoms with Crippen molar-refractivity contribution in [2.45, 2.75) is 38.2 Å². The number of likely N-dealkylation sites (tertiary alicyclic amines) is 1. The molecule has 6 nitrogen and oxygen atoms in total. The fourth-order valence-corrected chi connectivity index (χ4v) is 3.70. The number of rotatable bonds is 9. The van der Waals surface area contributed by atoms with Crippen molar-refractivity contribution in [3.63, 3.8) is 0 Å². The molecule has 1 N–H and O–H groups in total. The molecule has 1 atom stereocenters. The zero-order valence-corrected chi connectivity index (χ0v) is 16.2. The third-order valence-electron chi connectivity index (χ3n) is 5.21. The first-order valence-corrected chi connectivity index (χ1v) is 9.75. The van der Waals surface area contributed by atoms with Gasteiger partial charge in [0.05, 0.1) is 6.10 Å². The van der Waals surface area contributed by atoms with Crippen molar-refractivity contribution in [2.24, 2.45) is 0 Å². The van der Waals surface area contributed by atoms with E-state index in [1.54, 1.807) is 13.2 Å². The molecular formula is C22H27NO5. The molecule has 0 saturated carbocycles. The first-order valence-electron chi connectivity index (χ1n) is 9.75. The van der Waals surface area contributed by atoms with Crippen molar-refractivity contribution >= 4 is 22.7 Å². The summed E-state index contributed by atoms with van der Waals surface area (Å²) in [6.45, 7) is 2.92. The number of methoxy groups -OCH3 is 1. The molecule has 0 unspecified atom stereocenters. The van der Waals surface area contributed by atoms with Crippen molar-refractivity contribution in [3.8, 4) is 5.75 Å². The van der Waals surface area contributed by atoms with Crippen LogP contribution in [0.25, 0.3) is 10.8 Å². The van der Waals surface area contributed by atoms with Crippen LogP contribution < -0.4 is 4.74 Å². The van der Waals surface area contributed by atoms with Gasteiger partial charge >= 0.3 is 11.9 Å². The molecule has 0 aliphatic carbocycles. The highest BCUT2D eigenvalue weighted by molar-refractivity contribution is 5.93. The van der Waals surface area contributed by atoms with Crippen LogP contribution in [-0.2, 0) is 20.7 Å². The van der Waals surface area contributed by atoms with E-state index in [1.165, 1.54) is 0 Å². The van der Waals surface area contributed by atoms with E-state index in [4.69, 9.17) is 14.6 Å². The van der Waals surface area contributed by atoms with Crippen molar-refractivity contribution in [1.82, 2.24) is 4.90 Å². The summed E-state index contributed by atoms with van der Waals surface area (Å²) in [7, 11) is 1.76. The Morgan fingerprint density at radius 1 is 1.18 bits per heavy atom. The van der Waals surface area contributed by atoms with E-state index in [-0.39, 0.29) is 19.3 Å². The number of carboxylic acid groups (broad SMARTS) is 1. The molecule has 1 saturated heterocycles. The zero-order chi connectivity index (χ0) is 19.9. The average molecular weight is 385 g/mol. The Kier molecular flexibility index (Phi) is 7.01. The summed E-state index contributed by atoms with van der Waals surface area (Å²) >= 11 is 0. The number of hydrogen-bond donors (Lipinski definition) is 1. The lowest BCUT2D eigenvalue weighted by atomic mass is 10.0. The van der Waals surface area contributed by atoms with Gasteiger partial charge < -0.3 is 19.5 Å². The molecule has 0 spiro atoms. The Balaban J connectivity index is 1.71. The molecule has 6 heteroatoms. The van der Waals surface area contributed by atoms with Gasteiger partial charge in [0.2, 0.25) is 0 Å². The summed E-state index contributed by atoms with van der Waals surface area (Å²) in [6.07, 6.45) is 2.58. The fraction of sp³-hybridized carbons (Fsp3) is 0.455. The van der Waals surface area contributed by atoms with Gasteiger partial charge in [-0.1, -0.05) is 30.3 Å². The van der Waals surface area contributed by atoms with Crippen molar-refractivity contribution < 1.29 is 24.2 Å². The van der Waals surface area contributed by atoms with Gasteiger partial charge in [-0.05, 0) is 36.3 Å². The van der Waals surface area contributed by atoms with Crippen LogP contribution in [0.1, 0.15) is 31.2 Å². The second kappa shape index (κ2) is 9.66. The van der Waals surface area contributed by atoms with Crippen LogP contribution in [0.2, 0.25) is 0 Å². The van der Waals surface area contributed by atoms with E-state index in [9.17, 15) is 9.59 Å². The van der Waals surface area contributed by atoms with Crippen molar-refractivity contribution in [2.75, 3.05) is 26.7 Å². The third kappa shape index (κ3) is 5.30. The Morgan fingerprint density at radius 2 is 1.96 bits per heavy atom. The lowest BCUT2D eigenvalue weighted by molar-refractivity contribution is -0.137. The number of aliphatic carboxylic acids is 1. The minimum atomic E-state index is -0.905. The average Bonchev–Trinajstić information content (AvgIpc) is 3.14. The van der Waals surface area contributed by atoms with Crippen molar-refractivity contribution in [3.05, 3.63) is 42.0 Å². The molecule has 2 aromatic rings. The van der Waals surface area contributed by atoms with Crippen LogP contribution in [0, 0.1) is 0 Å². The maximum absolute atomic E-state index is 12.1. The summed E-state index contributed by atoms with van der Waals surface area (Å²) < 4.78 is 11.0. The minimum absolute atomic E-state index is 0.0335. The smallest absolute Gasteiger partial charge is 0.311 e. The number of ether oxygens (including phenoxy) is 2. The Hall–Kier alpha value is -2.44. The molecule has 1 heterocycles. The molecule has 1 aliphatic heterocycles. The number of carboxylic acids is 1. The zero-order valence-electron chi connectivity index (χ0n) is 16.2. The lowest BCUT2D eigenvalue weighted by Crippen LogP contribution is -2.25. The number of carbonyl (C=O) groups excluding carboxylic acids is 1. The van der Waals surface area contributed by atoms with E-state index in [2.05, 4.69) is 11.0 Å². The van der Waals surface area contributed by atoms with Gasteiger partial charge in [0, 0.05) is 45.0 Å². The molecule has 3 rings (SSSR count). The molecule has 0 aromatic heterocycles. The van der Waals surface area contributed by atoms with Crippen LogP contribution in [0.4, 0.5) is 0 Å². The van der Waals surface area contributed by atoms with Gasteiger partial charge in [-0.15, -0.1) is 0 Å². The van der Waals surface area contributed by atoms with E-state index in [0.29, 0.717) is 11.9 Å². The van der Waals surface area contributed by atoms with Crippen LogP contribution >= 0.6 is 0 Å². The highest BCUT2D eigenvalue weighted by atomic mass is 16.5. The number of esters is 1. The number of nitrogens with zero attached hydrogens (tertiary/aromatic N) is 1. The Morgan fingerprint density at radius 3 is 2.68 bits per heavy atom. The Labute approximate surface area is 165 Å². The Bertz CT molecular complexity index is 830. The number of carbonyl (C=O) groups is 2. The monoisotopic (exact) mass is 385 g/mol. The van der Waals surface area contributed by atoms with Gasteiger partial charge in [0.25, 0.3) is 0 Å². The highest BCUT2D eigenvalue weighted by Gasteiger charge is 2.22. The first kappa shape index (κ1) is 20.3. The summed E-state index contributed by atoms with van der Waals surface area (Å²) in [5, 5.41) is 10.7. The standard InChI is InChI=1S/C22H27NO5/c1-27-18-12-14-23(15-18)13-11-17-6-2-5-16-7-3-8-19(22(16)17)28-21(26)10-4-9-20(24)25/h2-3,5-8,18H,4,9-15H2,1H3,(H,24,25)/t18-/m1/s1. The SMILES string of the molecule is CO[C@@H]1CCN(CCc2cccc3cccc(OC(=O)CCCC(=O)O)c23)C1. The van der Waals surface area contributed by atoms with E-state index in [1.807, 2.05) is 24.3 Å². The number of fused-ring (bicyclic) bond motifs is 1. The van der Waals surface area contributed by atoms with Crippen molar-refractivity contribution in [1.29, 1.82) is 0 Å². The minimum Gasteiger partial charge on any atom is -0.481 e. The summed E-state index contributed by atoms with van der Waals surface area (Å²) in [4.78, 5) is 25.2. The summed E-state index contributed by atoms with van der Waals surface area (Å²) in [6, 6.07) is 11.8. The van der Waals surface area contributed by atoms with E-state index >= 15 is 0 Å². The second-order valence-corrected chi connectivity index (χ2v) is 7.19. The van der Waals surface area contributed by atoms with Crippen LogP contribution in [-0.4, -0.2) is 54.8 Å². The molecule has 0 bridgehead atoms. The van der Waals surface area contributed by atoms with Gasteiger partial charge in [-0.2, -0.15) is 0 Å². The predicted octanol–water partition coefficient (Wildman–Crippen LogP) is 3.26. The normalized spacial score (nSPS) is 17.1. The fourth-order valence-electron chi connectivity index (χ4n) is 3.70. The molecular weight excluding hydrogens is 358 g/mol. The third-order valence-corrected chi connectivity index (χ3v) is 5.21. The molecule has 28 heavy (non-hydrogen) atoms. The predicted molar refractivity (Wildman–Crippen MR) is 107 cm³/mol. The van der Waals surface area contributed by atoms with Crippen LogP contribution in [0.5, 0.6) is 5.75 Å². The maximum atomic E-state index is 12.1. The van der Waals surface area contributed by atoms with Gasteiger partial charge in [-0.3, -0.25) is 9.59 Å². The molecule has 150 valence electrons. The van der Waals surface area contributed by atoms with Gasteiger partial charge in [0.1, 0.15) is 5.75 Å². The first-order chi connectivity index (χ1) is 13.6. The second-order valence-electron chi connectivity index (χ2n) is 7.19. The maximum Gasteiger partial charge on any atom is 0.311 e. The molecule has 1 aliphatic rings. The molecule has 1 fully saturated rings. The quantitative estimate of drug-likeness (QED) is 0.527. The van der Waals surface area contributed by atoms with E-state index < -0.39 is 11.9 Å². The van der Waals surface area contributed by atoms with Gasteiger partial charge in [-0.25, -0.2) is 0 Å². The van der Waals surface area contributed by atoms with E-state index in [0.717, 1.165) is 48.8 Å². The number of benzene rings is 2. The number of hydrogen-bond acceptors (Lipinski definition) is 5. The molecule has 0 amide bonds. The highest BCUT2D eigenvalue weighted by Crippen LogP contribution is 2.30. The molecule has 0 radical (unpaired) electrons. The summed E-state index contributed by atoms with van der Waals surface area (Å²) in [5.74, 6) is -0.756. The largest absolute Gasteiger partial charge is 0.481 e. The lowest BCUT2D eigenvalue weighted by Gasteiger charge is -2.17. The van der Waals surface area contributed by atoms with Crippen LogP contribution in [0.3, 0.4) is 0 Å². The molecule has 2 aromatic carbocycles. The summed E-state index contributed by atoms with van der Waals surface area (Å²) in [5.41, 5.74) is 1.15.